The molecule has 0 saturated carbocycles. The van der Waals surface area contributed by atoms with Crippen molar-refractivity contribution in [2.45, 2.75) is 0 Å². The molecule has 4 N–H and O–H groups in total. The third kappa shape index (κ3) is 3.13. The summed E-state index contributed by atoms with van der Waals surface area (Å²) in [5, 5.41) is 28.8. The zero-order chi connectivity index (χ0) is 14.1. The first-order valence-electron chi connectivity index (χ1n) is 5.63. The number of aromatic amines is 1. The van der Waals surface area contributed by atoms with Crippen molar-refractivity contribution in [2.75, 3.05) is 5.32 Å². The number of hydrogen-bond acceptors (Lipinski definition) is 6. The molecule has 0 bridgehead atoms. The Labute approximate surface area is 140 Å². The van der Waals surface area contributed by atoms with Gasteiger partial charge in [0.05, 0.1) is 17.9 Å². The van der Waals surface area contributed by atoms with Gasteiger partial charge in [0.25, 0.3) is 0 Å². The van der Waals surface area contributed by atoms with Crippen LogP contribution in [0.5, 0.6) is 5.88 Å². The van der Waals surface area contributed by atoms with Gasteiger partial charge in [-0.05, 0) is 18.2 Å². The SMILES string of the molecule is O=C(O)c1cnc(Nc2ccc3[nH]ncc3c2)nc1O.[NaH]. The van der Waals surface area contributed by atoms with Crippen molar-refractivity contribution in [2.24, 2.45) is 0 Å². The molecule has 1 aromatic carbocycles. The van der Waals surface area contributed by atoms with Gasteiger partial charge in [0, 0.05) is 11.1 Å². The van der Waals surface area contributed by atoms with Crippen molar-refractivity contribution in [1.82, 2.24) is 20.2 Å². The molecule has 3 aromatic rings. The number of anilines is 2. The van der Waals surface area contributed by atoms with Gasteiger partial charge in [0.15, 0.2) is 0 Å². The summed E-state index contributed by atoms with van der Waals surface area (Å²) >= 11 is 0. The first-order valence-corrected chi connectivity index (χ1v) is 5.63. The summed E-state index contributed by atoms with van der Waals surface area (Å²) in [4.78, 5) is 18.3. The minimum absolute atomic E-state index is 0. The van der Waals surface area contributed by atoms with Gasteiger partial charge in [-0.25, -0.2) is 9.78 Å². The average Bonchev–Trinajstić information content (AvgIpc) is 2.85. The van der Waals surface area contributed by atoms with Crippen molar-refractivity contribution >= 4 is 58.1 Å². The maximum atomic E-state index is 10.7. The predicted octanol–water partition coefficient (Wildman–Crippen LogP) is 0.852. The number of benzene rings is 1. The second-order valence-electron chi connectivity index (χ2n) is 4.03. The Morgan fingerprint density at radius 2 is 2.10 bits per heavy atom. The quantitative estimate of drug-likeness (QED) is 0.528. The van der Waals surface area contributed by atoms with E-state index in [1.807, 2.05) is 12.1 Å². The molecule has 0 spiro atoms. The number of aromatic carboxylic acids is 1. The number of aromatic hydroxyl groups is 1. The number of carboxylic acids is 1. The number of rotatable bonds is 3. The van der Waals surface area contributed by atoms with Crippen molar-refractivity contribution in [3.8, 4) is 5.88 Å². The van der Waals surface area contributed by atoms with E-state index < -0.39 is 11.8 Å². The topological polar surface area (TPSA) is 124 Å². The standard InChI is InChI=1S/C12H9N5O3.Na.H/c18-10-8(11(19)20)5-13-12(16-10)15-7-1-2-9-6(3-7)4-14-17-9;;/h1-5H,(H,14,17)(H,19,20)(H2,13,15,16,18);;. The molecule has 2 heterocycles. The molecule has 21 heavy (non-hydrogen) atoms. The fraction of sp³-hybridized carbons (Fsp3) is 0. The Hall–Kier alpha value is -2.16. The van der Waals surface area contributed by atoms with Crippen LogP contribution in [-0.4, -0.2) is 65.9 Å². The van der Waals surface area contributed by atoms with Gasteiger partial charge in [0.2, 0.25) is 11.8 Å². The molecule has 9 heteroatoms. The number of H-pyrrole nitrogens is 1. The van der Waals surface area contributed by atoms with Gasteiger partial charge in [-0.15, -0.1) is 0 Å². The fourth-order valence-corrected chi connectivity index (χ4v) is 1.73. The Bertz CT molecular complexity index is 804. The number of carbonyl (C=O) groups is 1. The van der Waals surface area contributed by atoms with Crippen LogP contribution in [0.3, 0.4) is 0 Å². The molecule has 102 valence electrons. The zero-order valence-corrected chi connectivity index (χ0v) is 10.0. The average molecular weight is 295 g/mol. The second-order valence-corrected chi connectivity index (χ2v) is 4.03. The summed E-state index contributed by atoms with van der Waals surface area (Å²) in [6.07, 6.45) is 2.72. The van der Waals surface area contributed by atoms with Crippen LogP contribution in [0.4, 0.5) is 11.6 Å². The molecule has 0 saturated heterocycles. The summed E-state index contributed by atoms with van der Waals surface area (Å²) in [6, 6.07) is 5.44. The van der Waals surface area contributed by atoms with Crippen molar-refractivity contribution in [3.63, 3.8) is 0 Å². The van der Waals surface area contributed by atoms with Crippen molar-refractivity contribution in [3.05, 3.63) is 36.2 Å². The number of aromatic nitrogens is 4. The van der Waals surface area contributed by atoms with Crippen molar-refractivity contribution in [1.29, 1.82) is 0 Å². The molecule has 0 aliphatic heterocycles. The number of hydrogen-bond donors (Lipinski definition) is 4. The number of fused-ring (bicyclic) bond motifs is 1. The number of nitrogens with zero attached hydrogens (tertiary/aromatic N) is 3. The maximum absolute atomic E-state index is 10.7. The van der Waals surface area contributed by atoms with E-state index in [0.29, 0.717) is 5.69 Å². The molecule has 0 amide bonds. The molecule has 0 aliphatic carbocycles. The summed E-state index contributed by atoms with van der Waals surface area (Å²) in [6.45, 7) is 0. The van der Waals surface area contributed by atoms with E-state index in [0.717, 1.165) is 17.1 Å². The Kier molecular flexibility index (Phi) is 4.41. The van der Waals surface area contributed by atoms with Crippen molar-refractivity contribution < 1.29 is 15.0 Å². The van der Waals surface area contributed by atoms with E-state index in [1.165, 1.54) is 0 Å². The van der Waals surface area contributed by atoms with Gasteiger partial charge < -0.3 is 15.5 Å². The molecule has 3 rings (SSSR count). The van der Waals surface area contributed by atoms with Crippen LogP contribution < -0.4 is 5.32 Å². The first kappa shape index (κ1) is 15.2. The van der Waals surface area contributed by atoms with E-state index in [-0.39, 0.29) is 41.1 Å². The van der Waals surface area contributed by atoms with Crippen LogP contribution in [0.25, 0.3) is 10.9 Å². The molecule has 0 radical (unpaired) electrons. The van der Waals surface area contributed by atoms with E-state index in [4.69, 9.17) is 5.11 Å². The molecule has 0 fully saturated rings. The van der Waals surface area contributed by atoms with Gasteiger partial charge >= 0.3 is 35.5 Å². The summed E-state index contributed by atoms with van der Waals surface area (Å²) in [5.74, 6) is -1.76. The molecular weight excluding hydrogens is 285 g/mol. The molecule has 2 aromatic heterocycles. The predicted molar refractivity (Wildman–Crippen MR) is 77.2 cm³/mol. The molecule has 0 unspecified atom stereocenters. The molecular formula is C12H10N5NaO3. The first-order chi connectivity index (χ1) is 9.63. The fourth-order valence-electron chi connectivity index (χ4n) is 1.73. The van der Waals surface area contributed by atoms with Crippen LogP contribution in [0.2, 0.25) is 0 Å². The Morgan fingerprint density at radius 1 is 1.29 bits per heavy atom. The van der Waals surface area contributed by atoms with Crippen LogP contribution in [0, 0.1) is 0 Å². The second kappa shape index (κ2) is 6.08. The third-order valence-electron chi connectivity index (χ3n) is 2.70. The van der Waals surface area contributed by atoms with Gasteiger partial charge in [-0.2, -0.15) is 10.1 Å². The minimum atomic E-state index is -1.28. The molecule has 0 atom stereocenters. The van der Waals surface area contributed by atoms with E-state index >= 15 is 0 Å². The third-order valence-corrected chi connectivity index (χ3v) is 2.70. The zero-order valence-electron chi connectivity index (χ0n) is 10.0. The summed E-state index contributed by atoms with van der Waals surface area (Å²) in [5.41, 5.74) is 1.24. The molecule has 0 aliphatic rings. The monoisotopic (exact) mass is 295 g/mol. The Balaban J connectivity index is 0.00000161. The Morgan fingerprint density at radius 3 is 2.81 bits per heavy atom. The van der Waals surface area contributed by atoms with E-state index in [9.17, 15) is 9.90 Å². The van der Waals surface area contributed by atoms with Crippen LogP contribution in [-0.2, 0) is 0 Å². The van der Waals surface area contributed by atoms with Crippen LogP contribution in [0.15, 0.2) is 30.6 Å². The number of carboxylic acid groups (broad SMARTS) is 1. The van der Waals surface area contributed by atoms with Crippen LogP contribution in [0.1, 0.15) is 10.4 Å². The van der Waals surface area contributed by atoms with E-state index in [1.54, 1.807) is 12.3 Å². The molecule has 8 nitrogen and oxygen atoms in total. The summed E-state index contributed by atoms with van der Waals surface area (Å²) < 4.78 is 0. The van der Waals surface area contributed by atoms with Gasteiger partial charge in [-0.1, -0.05) is 0 Å². The van der Waals surface area contributed by atoms with Crippen LogP contribution >= 0.6 is 0 Å². The summed E-state index contributed by atoms with van der Waals surface area (Å²) in [7, 11) is 0. The van der Waals surface area contributed by atoms with E-state index in [2.05, 4.69) is 25.5 Å². The number of nitrogens with one attached hydrogen (secondary N) is 2. The van der Waals surface area contributed by atoms with Gasteiger partial charge in [-0.3, -0.25) is 5.10 Å². The van der Waals surface area contributed by atoms with Gasteiger partial charge in [0.1, 0.15) is 5.56 Å². The normalized spacial score (nSPS) is 10.1.